The molecule has 1 fully saturated rings. The van der Waals surface area contributed by atoms with Crippen molar-refractivity contribution >= 4 is 23.6 Å². The summed E-state index contributed by atoms with van der Waals surface area (Å²) in [4.78, 5) is 24.9. The quantitative estimate of drug-likeness (QED) is 0.806. The van der Waals surface area contributed by atoms with Crippen LogP contribution in [0.25, 0.3) is 0 Å². The molecule has 0 aliphatic carbocycles. The maximum atomic E-state index is 12.3. The average molecular weight is 273 g/mol. The van der Waals surface area contributed by atoms with Crippen molar-refractivity contribution in [3.05, 3.63) is 0 Å². The van der Waals surface area contributed by atoms with Crippen LogP contribution in [0.4, 0.5) is 0 Å². The molecule has 0 radical (unpaired) electrons. The molecule has 0 unspecified atom stereocenters. The number of thioether (sulfide) groups is 1. The number of hydrogen-bond donors (Lipinski definition) is 1. The van der Waals surface area contributed by atoms with E-state index in [9.17, 15) is 9.59 Å². The molecule has 1 aliphatic heterocycles. The average Bonchev–Trinajstić information content (AvgIpc) is 2.36. The molecule has 0 saturated carbocycles. The first kappa shape index (κ1) is 15.3. The van der Waals surface area contributed by atoms with Crippen LogP contribution < -0.4 is 0 Å². The molecule has 2 atom stereocenters. The summed E-state index contributed by atoms with van der Waals surface area (Å²) in [7, 11) is 0. The SMILES string of the molecule is CSC[C@@H](C)C(=O)N1CCCC[C@@H]1CCC(=O)O. The molecule has 1 aliphatic rings. The highest BCUT2D eigenvalue weighted by molar-refractivity contribution is 7.98. The lowest BCUT2D eigenvalue weighted by Gasteiger charge is -2.37. The molecule has 1 heterocycles. The van der Waals surface area contributed by atoms with E-state index in [0.717, 1.165) is 31.6 Å². The maximum absolute atomic E-state index is 12.3. The zero-order chi connectivity index (χ0) is 13.5. The number of piperidine rings is 1. The fraction of sp³-hybridized carbons (Fsp3) is 0.846. The molecular formula is C13H23NO3S. The predicted molar refractivity (Wildman–Crippen MR) is 73.8 cm³/mol. The van der Waals surface area contributed by atoms with Crippen LogP contribution in [0.5, 0.6) is 0 Å². The Kier molecular flexibility index (Phi) is 6.54. The number of carbonyl (C=O) groups excluding carboxylic acids is 1. The first-order chi connectivity index (χ1) is 8.56. The van der Waals surface area contributed by atoms with Gasteiger partial charge in [-0.15, -0.1) is 0 Å². The van der Waals surface area contributed by atoms with Crippen molar-refractivity contribution < 1.29 is 14.7 Å². The lowest BCUT2D eigenvalue weighted by Crippen LogP contribution is -2.46. The minimum Gasteiger partial charge on any atom is -0.481 e. The normalized spacial score (nSPS) is 21.7. The third kappa shape index (κ3) is 4.52. The zero-order valence-electron chi connectivity index (χ0n) is 11.2. The van der Waals surface area contributed by atoms with Gasteiger partial charge in [0.05, 0.1) is 0 Å². The molecule has 1 saturated heterocycles. The Morgan fingerprint density at radius 1 is 1.44 bits per heavy atom. The molecular weight excluding hydrogens is 250 g/mol. The van der Waals surface area contributed by atoms with E-state index in [1.807, 2.05) is 18.1 Å². The van der Waals surface area contributed by atoms with Gasteiger partial charge in [-0.1, -0.05) is 6.92 Å². The Labute approximate surface area is 113 Å². The fourth-order valence-corrected chi connectivity index (χ4v) is 3.13. The number of hydrogen-bond acceptors (Lipinski definition) is 3. The molecule has 1 N–H and O–H groups in total. The van der Waals surface area contributed by atoms with E-state index in [0.29, 0.717) is 6.42 Å². The van der Waals surface area contributed by atoms with Crippen molar-refractivity contribution in [3.8, 4) is 0 Å². The summed E-state index contributed by atoms with van der Waals surface area (Å²) in [5.41, 5.74) is 0. The molecule has 18 heavy (non-hydrogen) atoms. The number of likely N-dealkylation sites (tertiary alicyclic amines) is 1. The smallest absolute Gasteiger partial charge is 0.303 e. The van der Waals surface area contributed by atoms with Gasteiger partial charge < -0.3 is 10.0 Å². The van der Waals surface area contributed by atoms with Gasteiger partial charge in [-0.25, -0.2) is 0 Å². The molecule has 104 valence electrons. The van der Waals surface area contributed by atoms with Crippen LogP contribution in [-0.4, -0.2) is 46.5 Å². The number of amides is 1. The highest BCUT2D eigenvalue weighted by atomic mass is 32.2. The number of rotatable bonds is 6. The first-order valence-corrected chi connectivity index (χ1v) is 7.96. The highest BCUT2D eigenvalue weighted by Gasteiger charge is 2.29. The van der Waals surface area contributed by atoms with E-state index in [1.54, 1.807) is 11.8 Å². The number of carbonyl (C=O) groups is 2. The lowest BCUT2D eigenvalue weighted by molar-refractivity contribution is -0.141. The third-order valence-electron chi connectivity index (χ3n) is 3.44. The highest BCUT2D eigenvalue weighted by Crippen LogP contribution is 2.23. The van der Waals surface area contributed by atoms with Crippen molar-refractivity contribution in [2.75, 3.05) is 18.6 Å². The second kappa shape index (κ2) is 7.67. The molecule has 0 bridgehead atoms. The Morgan fingerprint density at radius 3 is 2.78 bits per heavy atom. The molecule has 5 heteroatoms. The fourth-order valence-electron chi connectivity index (χ4n) is 2.49. The van der Waals surface area contributed by atoms with Gasteiger partial charge in [0.15, 0.2) is 0 Å². The predicted octanol–water partition coefficient (Wildman–Crippen LogP) is 2.23. The van der Waals surface area contributed by atoms with E-state index in [4.69, 9.17) is 5.11 Å². The van der Waals surface area contributed by atoms with Crippen molar-refractivity contribution in [2.45, 2.75) is 45.1 Å². The van der Waals surface area contributed by atoms with Gasteiger partial charge in [0.1, 0.15) is 0 Å². The van der Waals surface area contributed by atoms with Crippen LogP contribution >= 0.6 is 11.8 Å². The first-order valence-electron chi connectivity index (χ1n) is 6.57. The zero-order valence-corrected chi connectivity index (χ0v) is 12.0. The van der Waals surface area contributed by atoms with Crippen LogP contribution in [0, 0.1) is 5.92 Å². The van der Waals surface area contributed by atoms with Crippen molar-refractivity contribution in [1.29, 1.82) is 0 Å². The molecule has 0 spiro atoms. The molecule has 0 aromatic carbocycles. The molecule has 1 amide bonds. The van der Waals surface area contributed by atoms with Gasteiger partial charge in [0.2, 0.25) is 5.91 Å². The summed E-state index contributed by atoms with van der Waals surface area (Å²) < 4.78 is 0. The second-order valence-electron chi connectivity index (χ2n) is 4.97. The summed E-state index contributed by atoms with van der Waals surface area (Å²) in [6.45, 7) is 2.75. The lowest BCUT2D eigenvalue weighted by atomic mass is 9.96. The van der Waals surface area contributed by atoms with E-state index >= 15 is 0 Å². The maximum Gasteiger partial charge on any atom is 0.303 e. The van der Waals surface area contributed by atoms with Crippen molar-refractivity contribution in [3.63, 3.8) is 0 Å². The van der Waals surface area contributed by atoms with Gasteiger partial charge in [-0.05, 0) is 31.9 Å². The van der Waals surface area contributed by atoms with E-state index in [1.165, 1.54) is 0 Å². The summed E-state index contributed by atoms with van der Waals surface area (Å²) in [5, 5.41) is 8.76. The minimum absolute atomic E-state index is 0.0328. The van der Waals surface area contributed by atoms with Crippen LogP contribution in [0.2, 0.25) is 0 Å². The van der Waals surface area contributed by atoms with Gasteiger partial charge >= 0.3 is 5.97 Å². The van der Waals surface area contributed by atoms with Crippen LogP contribution in [0.15, 0.2) is 0 Å². The molecule has 0 aromatic heterocycles. The Hall–Kier alpha value is -0.710. The minimum atomic E-state index is -0.773. The summed E-state index contributed by atoms with van der Waals surface area (Å²) in [6.07, 6.45) is 5.84. The van der Waals surface area contributed by atoms with Crippen LogP contribution in [-0.2, 0) is 9.59 Å². The molecule has 1 rings (SSSR count). The Bertz CT molecular complexity index is 296. The number of carboxylic acid groups (broad SMARTS) is 1. The standard InChI is InChI=1S/C13H23NO3S/c1-10(9-18-2)13(17)14-8-4-3-5-11(14)6-7-12(15)16/h10-11H,3-9H2,1-2H3,(H,15,16)/t10-,11-/m1/s1. The van der Waals surface area contributed by atoms with Gasteiger partial charge in [-0.3, -0.25) is 9.59 Å². The number of carboxylic acids is 1. The summed E-state index contributed by atoms with van der Waals surface area (Å²) >= 11 is 1.68. The molecule has 0 aromatic rings. The van der Waals surface area contributed by atoms with Gasteiger partial charge in [0, 0.05) is 30.7 Å². The summed E-state index contributed by atoms with van der Waals surface area (Å²) in [5.74, 6) is 0.288. The second-order valence-corrected chi connectivity index (χ2v) is 5.88. The largest absolute Gasteiger partial charge is 0.481 e. The number of nitrogens with zero attached hydrogens (tertiary/aromatic N) is 1. The van der Waals surface area contributed by atoms with Gasteiger partial charge in [-0.2, -0.15) is 11.8 Å². The van der Waals surface area contributed by atoms with Crippen molar-refractivity contribution in [2.24, 2.45) is 5.92 Å². The van der Waals surface area contributed by atoms with Crippen LogP contribution in [0.3, 0.4) is 0 Å². The Morgan fingerprint density at radius 2 is 2.17 bits per heavy atom. The van der Waals surface area contributed by atoms with E-state index < -0.39 is 5.97 Å². The Balaban J connectivity index is 2.57. The third-order valence-corrected chi connectivity index (χ3v) is 4.27. The summed E-state index contributed by atoms with van der Waals surface area (Å²) in [6, 6.07) is 0.131. The van der Waals surface area contributed by atoms with E-state index in [2.05, 4.69) is 0 Å². The number of aliphatic carboxylic acids is 1. The van der Waals surface area contributed by atoms with Gasteiger partial charge in [0.25, 0.3) is 0 Å². The monoisotopic (exact) mass is 273 g/mol. The topological polar surface area (TPSA) is 57.6 Å². The molecule has 4 nitrogen and oxygen atoms in total. The van der Waals surface area contributed by atoms with E-state index in [-0.39, 0.29) is 24.3 Å². The van der Waals surface area contributed by atoms with Crippen molar-refractivity contribution in [1.82, 2.24) is 4.90 Å². The van der Waals surface area contributed by atoms with Crippen LogP contribution in [0.1, 0.15) is 39.0 Å².